The first-order valence-corrected chi connectivity index (χ1v) is 9.95. The number of benzene rings is 1. The second-order valence-electron chi connectivity index (χ2n) is 5.59. The van der Waals surface area contributed by atoms with Crippen molar-refractivity contribution in [2.45, 2.75) is 38.6 Å². The van der Waals surface area contributed by atoms with Crippen LogP contribution in [0.1, 0.15) is 19.4 Å². The lowest BCUT2D eigenvalue weighted by Gasteiger charge is -2.28. The van der Waals surface area contributed by atoms with Crippen LogP contribution in [-0.2, 0) is 11.3 Å². The summed E-state index contributed by atoms with van der Waals surface area (Å²) in [4.78, 5) is 0. The summed E-state index contributed by atoms with van der Waals surface area (Å²) in [6.07, 6.45) is 0. The molecule has 0 aromatic heterocycles. The average molecular weight is 331 g/mol. The van der Waals surface area contributed by atoms with E-state index in [1.54, 1.807) is 7.11 Å². The predicted octanol–water partition coefficient (Wildman–Crippen LogP) is 4.24. The van der Waals surface area contributed by atoms with E-state index in [4.69, 9.17) is 9.47 Å². The van der Waals surface area contributed by atoms with Crippen LogP contribution in [0.4, 0.5) is 0 Å². The summed E-state index contributed by atoms with van der Waals surface area (Å²) in [7, 11) is 0.987. The molecule has 0 fully saturated rings. The van der Waals surface area contributed by atoms with Crippen LogP contribution in [-0.4, -0.2) is 22.5 Å². The molecule has 4 heteroatoms. The maximum Gasteiger partial charge on any atom is 0.119 e. The van der Waals surface area contributed by atoms with Crippen molar-refractivity contribution < 1.29 is 9.47 Å². The highest BCUT2D eigenvalue weighted by Crippen LogP contribution is 2.29. The van der Waals surface area contributed by atoms with Gasteiger partial charge in [-0.25, -0.2) is 0 Å². The molecule has 0 atom stereocenters. The Morgan fingerprint density at radius 2 is 1.94 bits per heavy atom. The topological polar surface area (TPSA) is 18.5 Å². The van der Waals surface area contributed by atoms with Crippen molar-refractivity contribution in [1.29, 1.82) is 0 Å². The van der Waals surface area contributed by atoms with Crippen LogP contribution in [0.3, 0.4) is 0 Å². The van der Waals surface area contributed by atoms with Crippen LogP contribution in [0, 0.1) is 0 Å². The largest absolute Gasteiger partial charge is 0.497 e. The summed E-state index contributed by atoms with van der Waals surface area (Å²) in [6.45, 7) is 10.8. The fraction of sp³-hybridized carbons (Fsp3) is 0.571. The molecule has 0 unspecified atom stereocenters. The van der Waals surface area contributed by atoms with E-state index in [-0.39, 0.29) is 0 Å². The van der Waals surface area contributed by atoms with Gasteiger partial charge in [-0.1, -0.05) is 42.9 Å². The zero-order valence-corrected chi connectivity index (χ0v) is 14.7. The van der Waals surface area contributed by atoms with E-state index in [0.29, 0.717) is 11.6 Å². The summed E-state index contributed by atoms with van der Waals surface area (Å²) in [6, 6.07) is 5.96. The average Bonchev–Trinajstić information content (AvgIpc) is 2.31. The molecule has 0 heterocycles. The molecule has 0 aliphatic heterocycles. The molecule has 1 rings (SSSR count). The van der Waals surface area contributed by atoms with E-state index in [0.717, 1.165) is 22.4 Å². The quantitative estimate of drug-likeness (QED) is 0.726. The Hall–Kier alpha value is -0.323. The Labute approximate surface area is 120 Å². The number of ether oxygens (including phenoxy) is 2. The van der Waals surface area contributed by atoms with Crippen LogP contribution in [0.15, 0.2) is 22.7 Å². The van der Waals surface area contributed by atoms with Gasteiger partial charge >= 0.3 is 0 Å². The SMILES string of the molecule is COc1ccc(Br)c(COCC(C)(C)[SiH](C)C)c1. The van der Waals surface area contributed by atoms with Crippen molar-refractivity contribution in [3.05, 3.63) is 28.2 Å². The summed E-state index contributed by atoms with van der Waals surface area (Å²) in [5.41, 5.74) is 1.13. The Kier molecular flexibility index (Phi) is 5.88. The molecular weight excluding hydrogens is 308 g/mol. The van der Waals surface area contributed by atoms with Crippen molar-refractivity contribution in [2.75, 3.05) is 13.7 Å². The maximum atomic E-state index is 5.88. The minimum absolute atomic E-state index is 0.339. The minimum Gasteiger partial charge on any atom is -0.497 e. The first kappa shape index (κ1) is 15.7. The first-order chi connectivity index (χ1) is 8.36. The minimum atomic E-state index is -0.695. The van der Waals surface area contributed by atoms with Crippen LogP contribution < -0.4 is 4.74 Å². The molecule has 0 aliphatic carbocycles. The molecule has 1 aromatic rings. The highest BCUT2D eigenvalue weighted by atomic mass is 79.9. The monoisotopic (exact) mass is 330 g/mol. The van der Waals surface area contributed by atoms with Gasteiger partial charge in [-0.2, -0.15) is 0 Å². The molecule has 2 nitrogen and oxygen atoms in total. The van der Waals surface area contributed by atoms with Gasteiger partial charge in [0, 0.05) is 19.9 Å². The van der Waals surface area contributed by atoms with Crippen LogP contribution in [0.5, 0.6) is 5.75 Å². The van der Waals surface area contributed by atoms with Crippen LogP contribution in [0.2, 0.25) is 18.1 Å². The molecule has 18 heavy (non-hydrogen) atoms. The molecule has 1 aromatic carbocycles. The highest BCUT2D eigenvalue weighted by Gasteiger charge is 2.23. The number of methoxy groups -OCH3 is 1. The second-order valence-corrected chi connectivity index (χ2v) is 10.3. The summed E-state index contributed by atoms with van der Waals surface area (Å²) in [5, 5.41) is 0.339. The van der Waals surface area contributed by atoms with Crippen molar-refractivity contribution >= 4 is 24.7 Å². The third-order valence-corrected chi connectivity index (χ3v) is 7.61. The smallest absolute Gasteiger partial charge is 0.119 e. The van der Waals surface area contributed by atoms with Crippen molar-refractivity contribution in [2.24, 2.45) is 0 Å². The molecule has 0 radical (unpaired) electrons. The number of halogens is 1. The lowest BCUT2D eigenvalue weighted by molar-refractivity contribution is 0.100. The molecule has 102 valence electrons. The summed E-state index contributed by atoms with van der Waals surface area (Å²) in [5.74, 6) is 0.870. The molecule has 0 spiro atoms. The van der Waals surface area contributed by atoms with Gasteiger partial charge < -0.3 is 9.47 Å². The van der Waals surface area contributed by atoms with E-state index in [2.05, 4.69) is 42.9 Å². The third kappa shape index (κ3) is 4.41. The van der Waals surface area contributed by atoms with E-state index < -0.39 is 8.80 Å². The van der Waals surface area contributed by atoms with Gasteiger partial charge in [0.25, 0.3) is 0 Å². The van der Waals surface area contributed by atoms with Gasteiger partial charge in [0.1, 0.15) is 5.75 Å². The highest BCUT2D eigenvalue weighted by molar-refractivity contribution is 9.10. The predicted molar refractivity (Wildman–Crippen MR) is 83.3 cm³/mol. The van der Waals surface area contributed by atoms with Crippen molar-refractivity contribution in [3.63, 3.8) is 0 Å². The molecule has 0 saturated heterocycles. The first-order valence-electron chi connectivity index (χ1n) is 6.27. The number of hydrogen-bond donors (Lipinski definition) is 0. The summed E-state index contributed by atoms with van der Waals surface area (Å²) >= 11 is 3.54. The third-order valence-electron chi connectivity index (χ3n) is 3.55. The normalized spacial score (nSPS) is 11.9. The van der Waals surface area contributed by atoms with E-state index in [1.165, 1.54) is 0 Å². The van der Waals surface area contributed by atoms with Gasteiger partial charge in [-0.05, 0) is 28.8 Å². The van der Waals surface area contributed by atoms with Gasteiger partial charge in [-0.3, -0.25) is 0 Å². The Balaban J connectivity index is 2.58. The molecular formula is C14H23BrO2Si. The Morgan fingerprint density at radius 1 is 1.28 bits per heavy atom. The van der Waals surface area contributed by atoms with Crippen LogP contribution in [0.25, 0.3) is 0 Å². The second kappa shape index (κ2) is 6.73. The van der Waals surface area contributed by atoms with Gasteiger partial charge in [0.15, 0.2) is 0 Å². The van der Waals surface area contributed by atoms with Crippen LogP contribution >= 0.6 is 15.9 Å². The van der Waals surface area contributed by atoms with Gasteiger partial charge in [-0.15, -0.1) is 0 Å². The molecule has 0 aliphatic rings. The fourth-order valence-electron chi connectivity index (χ4n) is 1.38. The summed E-state index contributed by atoms with van der Waals surface area (Å²) < 4.78 is 12.2. The maximum absolute atomic E-state index is 5.88. The molecule has 0 saturated carbocycles. The van der Waals surface area contributed by atoms with E-state index >= 15 is 0 Å². The standard InChI is InChI=1S/C14H23BrO2Si/c1-14(2,18(4)5)10-17-9-11-8-12(16-3)6-7-13(11)15/h6-8,18H,9-10H2,1-5H3. The molecule has 0 amide bonds. The Morgan fingerprint density at radius 3 is 2.50 bits per heavy atom. The van der Waals surface area contributed by atoms with Crippen molar-refractivity contribution in [1.82, 2.24) is 0 Å². The zero-order chi connectivity index (χ0) is 13.8. The lowest BCUT2D eigenvalue weighted by Crippen LogP contribution is -2.26. The zero-order valence-electron chi connectivity index (χ0n) is 11.9. The number of rotatable bonds is 6. The lowest BCUT2D eigenvalue weighted by atomic mass is 10.2. The molecule has 0 N–H and O–H groups in total. The fourth-order valence-corrected chi connectivity index (χ4v) is 2.19. The van der Waals surface area contributed by atoms with Gasteiger partial charge in [0.05, 0.1) is 13.7 Å². The molecule has 0 bridgehead atoms. The van der Waals surface area contributed by atoms with Gasteiger partial charge in [0.2, 0.25) is 0 Å². The number of hydrogen-bond acceptors (Lipinski definition) is 2. The van der Waals surface area contributed by atoms with E-state index in [1.807, 2.05) is 18.2 Å². The van der Waals surface area contributed by atoms with E-state index in [9.17, 15) is 0 Å². The Bertz CT molecular complexity index is 391. The van der Waals surface area contributed by atoms with Crippen molar-refractivity contribution in [3.8, 4) is 5.75 Å².